The van der Waals surface area contributed by atoms with Crippen LogP contribution >= 0.6 is 0 Å². The summed E-state index contributed by atoms with van der Waals surface area (Å²) in [5.74, 6) is 1.46. The molecule has 9 heteroatoms. The molecule has 8 nitrogen and oxygen atoms in total. The first-order valence-electron chi connectivity index (χ1n) is 12.3. The summed E-state index contributed by atoms with van der Waals surface area (Å²) >= 11 is 0. The fraction of sp³-hybridized carbons (Fsp3) is 0.519. The smallest absolute Gasteiger partial charge is 0.281 e. The van der Waals surface area contributed by atoms with Crippen LogP contribution in [0.15, 0.2) is 46.4 Å². The lowest BCUT2D eigenvalue weighted by Crippen LogP contribution is -2.49. The third-order valence-electron chi connectivity index (χ3n) is 7.63. The molecule has 1 unspecified atom stereocenters. The third-order valence-corrected chi connectivity index (χ3v) is 9.33. The van der Waals surface area contributed by atoms with E-state index >= 15 is 0 Å². The van der Waals surface area contributed by atoms with Crippen molar-refractivity contribution in [3.63, 3.8) is 0 Å². The highest BCUT2D eigenvalue weighted by Crippen LogP contribution is 2.54. The van der Waals surface area contributed by atoms with Crippen molar-refractivity contribution in [3.8, 4) is 11.5 Å². The van der Waals surface area contributed by atoms with Crippen molar-refractivity contribution in [1.82, 2.24) is 9.31 Å². The average molecular weight is 516 g/mol. The van der Waals surface area contributed by atoms with Gasteiger partial charge in [-0.05, 0) is 82.9 Å². The van der Waals surface area contributed by atoms with E-state index in [1.807, 2.05) is 27.1 Å². The minimum atomic E-state index is -4.05. The van der Waals surface area contributed by atoms with Crippen LogP contribution in [0.5, 0.6) is 11.5 Å². The Morgan fingerprint density at radius 1 is 1.14 bits per heavy atom. The zero-order chi connectivity index (χ0) is 26.1. The van der Waals surface area contributed by atoms with Crippen molar-refractivity contribution in [1.29, 1.82) is 0 Å². The Morgan fingerprint density at radius 2 is 1.86 bits per heavy atom. The van der Waals surface area contributed by atoms with Gasteiger partial charge in [-0.3, -0.25) is 0 Å². The first-order valence-corrected chi connectivity index (χ1v) is 13.8. The van der Waals surface area contributed by atoms with Crippen LogP contribution in [0.3, 0.4) is 0 Å². The second-order valence-electron chi connectivity index (χ2n) is 10.1. The van der Waals surface area contributed by atoms with Gasteiger partial charge in [-0.2, -0.15) is 17.9 Å². The lowest BCUT2D eigenvalue weighted by atomic mass is 9.58. The zero-order valence-electron chi connectivity index (χ0n) is 21.8. The van der Waals surface area contributed by atoms with Crippen molar-refractivity contribution >= 4 is 16.2 Å². The lowest BCUT2D eigenvalue weighted by molar-refractivity contribution is 0.00925. The van der Waals surface area contributed by atoms with Crippen molar-refractivity contribution in [2.45, 2.75) is 55.6 Å². The Hall–Kier alpha value is -2.62. The monoisotopic (exact) mass is 515 g/mol. The highest BCUT2D eigenvalue weighted by atomic mass is 32.2. The molecule has 0 aromatic heterocycles. The molecule has 0 radical (unpaired) electrons. The molecule has 0 fully saturated rings. The van der Waals surface area contributed by atoms with Gasteiger partial charge in [-0.25, -0.2) is 0 Å². The Balaban J connectivity index is 1.86. The quantitative estimate of drug-likeness (QED) is 0.606. The number of aliphatic hydroxyl groups excluding tert-OH is 1. The number of aliphatic hydroxyl groups is 1. The van der Waals surface area contributed by atoms with Crippen LogP contribution in [0.25, 0.3) is 0 Å². The summed E-state index contributed by atoms with van der Waals surface area (Å²) in [6.07, 6.45) is 3.62. The van der Waals surface area contributed by atoms with Gasteiger partial charge >= 0.3 is 0 Å². The molecule has 0 saturated heterocycles. The van der Waals surface area contributed by atoms with Gasteiger partial charge in [0.25, 0.3) is 10.0 Å². The fourth-order valence-electron chi connectivity index (χ4n) is 5.77. The minimum Gasteiger partial charge on any atom is -0.493 e. The summed E-state index contributed by atoms with van der Waals surface area (Å²) in [6.45, 7) is 2.67. The number of methoxy groups -OCH3 is 2. The maximum absolute atomic E-state index is 13.6. The van der Waals surface area contributed by atoms with Gasteiger partial charge in [0, 0.05) is 23.6 Å². The summed E-state index contributed by atoms with van der Waals surface area (Å²) in [6, 6.07) is 10.6. The molecule has 2 aromatic rings. The molecule has 2 aromatic carbocycles. The molecule has 0 amide bonds. The van der Waals surface area contributed by atoms with Gasteiger partial charge in [-0.15, -0.1) is 0 Å². The first kappa shape index (κ1) is 26.4. The Morgan fingerprint density at radius 3 is 2.50 bits per heavy atom. The van der Waals surface area contributed by atoms with Crippen molar-refractivity contribution < 1.29 is 23.0 Å². The van der Waals surface area contributed by atoms with Crippen LogP contribution in [-0.2, 0) is 21.9 Å². The number of ether oxygens (including phenoxy) is 2. The highest BCUT2D eigenvalue weighted by Gasteiger charge is 2.49. The van der Waals surface area contributed by atoms with Gasteiger partial charge in [0.15, 0.2) is 17.7 Å². The third kappa shape index (κ3) is 4.71. The molecule has 1 heterocycles. The Bertz CT molecular complexity index is 1210. The maximum Gasteiger partial charge on any atom is 0.281 e. The van der Waals surface area contributed by atoms with Gasteiger partial charge < -0.3 is 19.5 Å². The largest absolute Gasteiger partial charge is 0.493 e. The first-order chi connectivity index (χ1) is 17.1. The van der Waals surface area contributed by atoms with E-state index in [9.17, 15) is 13.5 Å². The molecule has 1 N–H and O–H groups in total. The van der Waals surface area contributed by atoms with E-state index in [1.54, 1.807) is 44.7 Å². The zero-order valence-corrected chi connectivity index (χ0v) is 22.6. The number of hydrogen-bond acceptors (Lipinski definition) is 7. The number of rotatable bonds is 7. The predicted molar refractivity (Wildman–Crippen MR) is 140 cm³/mol. The number of fused-ring (bicyclic) bond motifs is 3. The predicted octanol–water partition coefficient (Wildman–Crippen LogP) is 3.55. The molecule has 0 bridgehead atoms. The topological polar surface area (TPSA) is 91.7 Å². The number of hydrazone groups is 1. The average Bonchev–Trinajstić information content (AvgIpc) is 2.84. The summed E-state index contributed by atoms with van der Waals surface area (Å²) in [7, 11) is 3.24. The van der Waals surface area contributed by atoms with Crippen molar-refractivity contribution in [3.05, 3.63) is 53.1 Å². The summed E-state index contributed by atoms with van der Waals surface area (Å²) < 4.78 is 39.6. The lowest BCUT2D eigenvalue weighted by Gasteiger charge is -2.49. The highest BCUT2D eigenvalue weighted by molar-refractivity contribution is 7.89. The molecule has 0 spiro atoms. The van der Waals surface area contributed by atoms with Gasteiger partial charge in [-0.1, -0.05) is 23.8 Å². The maximum atomic E-state index is 13.6. The molecule has 36 heavy (non-hydrogen) atoms. The fourth-order valence-corrected chi connectivity index (χ4v) is 7.06. The second-order valence-corrected chi connectivity index (χ2v) is 11.9. The number of hydrogen-bond donors (Lipinski definition) is 1. The molecule has 2 aliphatic rings. The van der Waals surface area contributed by atoms with Crippen LogP contribution in [0, 0.1) is 12.8 Å². The van der Waals surface area contributed by atoms with Gasteiger partial charge in [0.1, 0.15) is 0 Å². The molecule has 0 saturated carbocycles. The molecule has 4 rings (SSSR count). The van der Waals surface area contributed by atoms with Gasteiger partial charge in [0.05, 0.1) is 19.1 Å². The number of sulfonamides is 1. The van der Waals surface area contributed by atoms with Crippen LogP contribution in [-0.4, -0.2) is 70.1 Å². The van der Waals surface area contributed by atoms with Crippen LogP contribution in [0.4, 0.5) is 0 Å². The van der Waals surface area contributed by atoms with E-state index in [0.29, 0.717) is 17.9 Å². The van der Waals surface area contributed by atoms with E-state index in [4.69, 9.17) is 9.47 Å². The van der Waals surface area contributed by atoms with Crippen molar-refractivity contribution in [2.24, 2.45) is 11.0 Å². The second kappa shape index (κ2) is 10.4. The normalized spacial score (nSPS) is 24.9. The standard InChI is InChI=1S/C27H37N3O5S/c1-19-6-11-22(12-7-19)36(32,33)30-24(31)18-27(15-17-29(2)3)21(14-16-28-30)10-8-20-9-13-23(34-4)26(35-5)25(20)27/h6-7,9,11-13,16,21,24,31H,8,10,14-15,17-18H2,1-5H3/b28-16-/t21?,24-,27+/m0/s1. The molecular formula is C27H37N3O5S. The van der Waals surface area contributed by atoms with E-state index in [2.05, 4.69) is 16.1 Å². The van der Waals surface area contributed by atoms with Crippen LogP contribution < -0.4 is 9.47 Å². The van der Waals surface area contributed by atoms with Gasteiger partial charge in [0.2, 0.25) is 0 Å². The van der Waals surface area contributed by atoms with E-state index in [-0.39, 0.29) is 17.2 Å². The van der Waals surface area contributed by atoms with E-state index < -0.39 is 21.7 Å². The number of aryl methyl sites for hydroxylation is 2. The Labute approximate surface area is 214 Å². The van der Waals surface area contributed by atoms with E-state index in [0.717, 1.165) is 46.9 Å². The number of nitrogens with zero attached hydrogens (tertiary/aromatic N) is 3. The summed E-state index contributed by atoms with van der Waals surface area (Å²) in [5, 5.41) is 15.8. The molecule has 3 atom stereocenters. The van der Waals surface area contributed by atoms with Crippen molar-refractivity contribution in [2.75, 3.05) is 34.9 Å². The Kier molecular flexibility index (Phi) is 7.64. The molecule has 196 valence electrons. The van der Waals surface area contributed by atoms with Crippen LogP contribution in [0.1, 0.15) is 42.4 Å². The van der Waals surface area contributed by atoms with Crippen LogP contribution in [0.2, 0.25) is 0 Å². The number of benzene rings is 2. The molecular weight excluding hydrogens is 478 g/mol. The summed E-state index contributed by atoms with van der Waals surface area (Å²) in [4.78, 5) is 2.22. The molecule has 1 aliphatic heterocycles. The minimum absolute atomic E-state index is 0.104. The SMILES string of the molecule is COc1ccc2c(c1OC)[C@]1(CCN(C)C)C[C@H](O)N(S(=O)(=O)c3ccc(C)cc3)/N=C\CC1CC2. The molecule has 1 aliphatic carbocycles. The summed E-state index contributed by atoms with van der Waals surface area (Å²) in [5.41, 5.74) is 2.59. The van der Waals surface area contributed by atoms with E-state index in [1.165, 1.54) is 0 Å².